The van der Waals surface area contributed by atoms with Gasteiger partial charge in [-0.15, -0.1) is 0 Å². The van der Waals surface area contributed by atoms with Crippen molar-refractivity contribution in [2.75, 3.05) is 19.6 Å². The second-order valence-corrected chi connectivity index (χ2v) is 5.60. The van der Waals surface area contributed by atoms with Crippen LogP contribution in [0.5, 0.6) is 0 Å². The van der Waals surface area contributed by atoms with Gasteiger partial charge in [-0.1, -0.05) is 19.8 Å². The molecule has 1 saturated carbocycles. The molecule has 0 aromatic rings. The fraction of sp³-hybridized carbons (Fsp3) is 0.929. The van der Waals surface area contributed by atoms with E-state index >= 15 is 0 Å². The van der Waals surface area contributed by atoms with Crippen molar-refractivity contribution in [3.05, 3.63) is 0 Å². The SMILES string of the molecule is CCCC1CCCN(CC(=O)C2CC2)CC1. The highest BCUT2D eigenvalue weighted by molar-refractivity contribution is 5.84. The lowest BCUT2D eigenvalue weighted by molar-refractivity contribution is -0.121. The van der Waals surface area contributed by atoms with Gasteiger partial charge in [0.2, 0.25) is 0 Å². The van der Waals surface area contributed by atoms with E-state index in [4.69, 9.17) is 0 Å². The number of rotatable bonds is 5. The highest BCUT2D eigenvalue weighted by atomic mass is 16.1. The fourth-order valence-corrected chi connectivity index (χ4v) is 2.83. The molecule has 0 spiro atoms. The predicted octanol–water partition coefficient (Wildman–Crippen LogP) is 2.87. The van der Waals surface area contributed by atoms with E-state index in [2.05, 4.69) is 11.8 Å². The third kappa shape index (κ3) is 3.58. The van der Waals surface area contributed by atoms with Gasteiger partial charge in [0, 0.05) is 5.92 Å². The highest BCUT2D eigenvalue weighted by Gasteiger charge is 2.30. The summed E-state index contributed by atoms with van der Waals surface area (Å²) in [6, 6.07) is 0. The normalized spacial score (nSPS) is 27.7. The van der Waals surface area contributed by atoms with E-state index in [0.717, 1.165) is 38.4 Å². The molecular formula is C14H25NO. The molecule has 0 aromatic heterocycles. The molecule has 2 fully saturated rings. The predicted molar refractivity (Wildman–Crippen MR) is 66.4 cm³/mol. The first kappa shape index (κ1) is 12.1. The van der Waals surface area contributed by atoms with Crippen LogP contribution in [0.4, 0.5) is 0 Å². The summed E-state index contributed by atoms with van der Waals surface area (Å²) in [5.74, 6) is 1.87. The molecule has 2 aliphatic rings. The lowest BCUT2D eigenvalue weighted by atomic mass is 9.96. The van der Waals surface area contributed by atoms with Crippen molar-refractivity contribution in [3.63, 3.8) is 0 Å². The Bertz CT molecular complexity index is 235. The van der Waals surface area contributed by atoms with Crippen molar-refractivity contribution in [2.24, 2.45) is 11.8 Å². The standard InChI is InChI=1S/C14H25NO/c1-2-4-12-5-3-9-15(10-8-12)11-14(16)13-6-7-13/h12-13H,2-11H2,1H3. The Kier molecular flexibility index (Phi) is 4.39. The van der Waals surface area contributed by atoms with Crippen LogP contribution in [0.3, 0.4) is 0 Å². The number of nitrogens with zero attached hydrogens (tertiary/aromatic N) is 1. The molecule has 0 N–H and O–H groups in total. The lowest BCUT2D eigenvalue weighted by Gasteiger charge is -2.19. The maximum absolute atomic E-state index is 11.8. The molecule has 16 heavy (non-hydrogen) atoms. The minimum absolute atomic E-state index is 0.440. The summed E-state index contributed by atoms with van der Waals surface area (Å²) in [5, 5.41) is 0. The first-order chi connectivity index (χ1) is 7.79. The summed E-state index contributed by atoms with van der Waals surface area (Å²) in [7, 11) is 0. The van der Waals surface area contributed by atoms with E-state index in [1.807, 2.05) is 0 Å². The molecule has 0 bridgehead atoms. The molecule has 1 aliphatic carbocycles. The monoisotopic (exact) mass is 223 g/mol. The fourth-order valence-electron chi connectivity index (χ4n) is 2.83. The summed E-state index contributed by atoms with van der Waals surface area (Å²) < 4.78 is 0. The van der Waals surface area contributed by atoms with E-state index in [9.17, 15) is 4.79 Å². The molecule has 0 aromatic carbocycles. The minimum Gasteiger partial charge on any atom is -0.298 e. The molecule has 1 aliphatic heterocycles. The molecule has 1 saturated heterocycles. The molecule has 0 amide bonds. The van der Waals surface area contributed by atoms with Crippen LogP contribution in [0, 0.1) is 11.8 Å². The maximum atomic E-state index is 11.8. The minimum atomic E-state index is 0.440. The van der Waals surface area contributed by atoms with Crippen molar-refractivity contribution in [2.45, 2.75) is 51.9 Å². The quantitative estimate of drug-likeness (QED) is 0.714. The Balaban J connectivity index is 1.72. The molecule has 2 rings (SSSR count). The zero-order valence-electron chi connectivity index (χ0n) is 10.6. The largest absolute Gasteiger partial charge is 0.298 e. The summed E-state index contributed by atoms with van der Waals surface area (Å²) in [6.07, 6.45) is 8.99. The molecule has 2 nitrogen and oxygen atoms in total. The zero-order valence-corrected chi connectivity index (χ0v) is 10.6. The Morgan fingerprint density at radius 2 is 2.00 bits per heavy atom. The van der Waals surface area contributed by atoms with Crippen LogP contribution in [-0.4, -0.2) is 30.3 Å². The van der Waals surface area contributed by atoms with Crippen LogP contribution in [-0.2, 0) is 4.79 Å². The van der Waals surface area contributed by atoms with E-state index in [-0.39, 0.29) is 0 Å². The van der Waals surface area contributed by atoms with Crippen LogP contribution in [0.2, 0.25) is 0 Å². The number of carbonyl (C=O) groups is 1. The van der Waals surface area contributed by atoms with Crippen LogP contribution in [0.15, 0.2) is 0 Å². The number of ketones is 1. The van der Waals surface area contributed by atoms with Gasteiger partial charge < -0.3 is 0 Å². The lowest BCUT2D eigenvalue weighted by Crippen LogP contribution is -2.31. The summed E-state index contributed by atoms with van der Waals surface area (Å²) in [5.41, 5.74) is 0. The van der Waals surface area contributed by atoms with Crippen molar-refractivity contribution < 1.29 is 4.79 Å². The maximum Gasteiger partial charge on any atom is 0.149 e. The van der Waals surface area contributed by atoms with Gasteiger partial charge in [-0.05, 0) is 51.1 Å². The Morgan fingerprint density at radius 1 is 1.19 bits per heavy atom. The van der Waals surface area contributed by atoms with E-state index in [1.54, 1.807) is 0 Å². The summed E-state index contributed by atoms with van der Waals surface area (Å²) in [6.45, 7) is 5.32. The van der Waals surface area contributed by atoms with Gasteiger partial charge in [-0.2, -0.15) is 0 Å². The van der Waals surface area contributed by atoms with E-state index in [1.165, 1.54) is 32.1 Å². The molecular weight excluding hydrogens is 198 g/mol. The van der Waals surface area contributed by atoms with E-state index < -0.39 is 0 Å². The number of carbonyl (C=O) groups excluding carboxylic acids is 1. The molecule has 92 valence electrons. The van der Waals surface area contributed by atoms with Crippen LogP contribution in [0.1, 0.15) is 51.9 Å². The molecule has 0 radical (unpaired) electrons. The summed E-state index contributed by atoms with van der Waals surface area (Å²) in [4.78, 5) is 14.2. The van der Waals surface area contributed by atoms with Gasteiger partial charge >= 0.3 is 0 Å². The Morgan fingerprint density at radius 3 is 2.69 bits per heavy atom. The average Bonchev–Trinajstić information content (AvgIpc) is 3.06. The van der Waals surface area contributed by atoms with Gasteiger partial charge in [0.1, 0.15) is 5.78 Å². The van der Waals surface area contributed by atoms with Crippen LogP contribution < -0.4 is 0 Å². The van der Waals surface area contributed by atoms with Crippen molar-refractivity contribution in [1.82, 2.24) is 4.90 Å². The number of Topliss-reactive ketones (excluding diaryl/α,β-unsaturated/α-hetero) is 1. The third-order valence-corrected chi connectivity index (χ3v) is 4.05. The van der Waals surface area contributed by atoms with Gasteiger partial charge in [0.05, 0.1) is 6.54 Å². The van der Waals surface area contributed by atoms with Crippen LogP contribution in [0.25, 0.3) is 0 Å². The van der Waals surface area contributed by atoms with Crippen molar-refractivity contribution in [3.8, 4) is 0 Å². The third-order valence-electron chi connectivity index (χ3n) is 4.05. The first-order valence-corrected chi connectivity index (χ1v) is 7.04. The second-order valence-electron chi connectivity index (χ2n) is 5.60. The van der Waals surface area contributed by atoms with Gasteiger partial charge in [0.15, 0.2) is 0 Å². The van der Waals surface area contributed by atoms with Gasteiger partial charge in [-0.25, -0.2) is 0 Å². The molecule has 1 unspecified atom stereocenters. The second kappa shape index (κ2) is 5.81. The number of hydrogen-bond acceptors (Lipinski definition) is 2. The number of likely N-dealkylation sites (tertiary alicyclic amines) is 1. The molecule has 2 heteroatoms. The average molecular weight is 223 g/mol. The van der Waals surface area contributed by atoms with Gasteiger partial charge in [-0.3, -0.25) is 9.69 Å². The van der Waals surface area contributed by atoms with Gasteiger partial charge in [0.25, 0.3) is 0 Å². The topological polar surface area (TPSA) is 20.3 Å². The smallest absolute Gasteiger partial charge is 0.149 e. The van der Waals surface area contributed by atoms with E-state index in [0.29, 0.717) is 11.7 Å². The molecule has 1 atom stereocenters. The Labute approximate surface area is 99.4 Å². The first-order valence-electron chi connectivity index (χ1n) is 7.04. The Hall–Kier alpha value is -0.370. The zero-order chi connectivity index (χ0) is 11.4. The summed E-state index contributed by atoms with van der Waals surface area (Å²) >= 11 is 0. The molecule has 1 heterocycles. The van der Waals surface area contributed by atoms with Crippen molar-refractivity contribution >= 4 is 5.78 Å². The van der Waals surface area contributed by atoms with Crippen molar-refractivity contribution in [1.29, 1.82) is 0 Å². The van der Waals surface area contributed by atoms with Crippen LogP contribution >= 0.6 is 0 Å². The highest BCUT2D eigenvalue weighted by Crippen LogP contribution is 2.30. The number of hydrogen-bond donors (Lipinski definition) is 0.